The Hall–Kier alpha value is -2.72. The lowest BCUT2D eigenvalue weighted by molar-refractivity contribution is -0.113. The molecule has 0 aliphatic carbocycles. The number of esters is 1. The van der Waals surface area contributed by atoms with Crippen LogP contribution in [0.15, 0.2) is 34.8 Å². The Labute approximate surface area is 175 Å². The number of carbonyl (C=O) groups excluding carboxylic acids is 2. The molecule has 0 saturated heterocycles. The minimum absolute atomic E-state index is 0.111. The Morgan fingerprint density at radius 3 is 2.62 bits per heavy atom. The second-order valence-electron chi connectivity index (χ2n) is 6.00. The highest BCUT2D eigenvalue weighted by Crippen LogP contribution is 2.36. The molecule has 0 fully saturated rings. The molecule has 0 saturated carbocycles. The van der Waals surface area contributed by atoms with Crippen LogP contribution in [-0.2, 0) is 23.0 Å². The number of ether oxygens (including phenoxy) is 1. The number of rotatable bonds is 7. The highest BCUT2D eigenvalue weighted by molar-refractivity contribution is 7.99. The van der Waals surface area contributed by atoms with Gasteiger partial charge in [0, 0.05) is 24.4 Å². The van der Waals surface area contributed by atoms with Gasteiger partial charge in [0.25, 0.3) is 0 Å². The van der Waals surface area contributed by atoms with Gasteiger partial charge in [-0.2, -0.15) is 0 Å². The molecule has 0 radical (unpaired) electrons. The summed E-state index contributed by atoms with van der Waals surface area (Å²) >= 11 is 2.47. The van der Waals surface area contributed by atoms with Crippen LogP contribution in [0.2, 0.25) is 0 Å². The molecule has 1 N–H and O–H groups in total. The molecular weight excluding hydrogens is 415 g/mol. The number of hydrogen-bond acceptors (Lipinski definition) is 7. The first kappa shape index (κ1) is 21.0. The summed E-state index contributed by atoms with van der Waals surface area (Å²) in [5.41, 5.74) is 1.48. The summed E-state index contributed by atoms with van der Waals surface area (Å²) in [7, 11) is 3.12. The minimum atomic E-state index is -0.575. The third kappa shape index (κ3) is 4.65. The van der Waals surface area contributed by atoms with Gasteiger partial charge in [-0.3, -0.25) is 4.79 Å². The number of aryl methyl sites for hydroxylation is 1. The Morgan fingerprint density at radius 2 is 2.00 bits per heavy atom. The molecule has 10 heteroatoms. The van der Waals surface area contributed by atoms with E-state index in [0.717, 1.165) is 12.2 Å². The van der Waals surface area contributed by atoms with Crippen molar-refractivity contribution >= 4 is 40.0 Å². The standard InChI is InChI=1S/C19H19FN4O3S2/c1-4-14-22-23-19(24(14)2)29-10-15(25)21-17-16(18(26)27-3)13(9-28-17)11-5-7-12(20)8-6-11/h5-9H,4,10H2,1-3H3,(H,21,25). The maximum absolute atomic E-state index is 13.2. The summed E-state index contributed by atoms with van der Waals surface area (Å²) in [5.74, 6) is -0.282. The predicted molar refractivity (Wildman–Crippen MR) is 111 cm³/mol. The molecule has 29 heavy (non-hydrogen) atoms. The molecular formula is C19H19FN4O3S2. The zero-order valence-corrected chi connectivity index (χ0v) is 17.7. The molecule has 1 amide bonds. The number of hydrogen-bond donors (Lipinski definition) is 1. The number of thioether (sulfide) groups is 1. The van der Waals surface area contributed by atoms with Crippen LogP contribution in [0.5, 0.6) is 0 Å². The Kier molecular flexibility index (Phi) is 6.65. The van der Waals surface area contributed by atoms with Gasteiger partial charge in [0.15, 0.2) is 5.16 Å². The molecule has 2 aromatic heterocycles. The third-order valence-electron chi connectivity index (χ3n) is 4.16. The molecule has 0 bridgehead atoms. The van der Waals surface area contributed by atoms with Gasteiger partial charge < -0.3 is 14.6 Å². The van der Waals surface area contributed by atoms with E-state index in [-0.39, 0.29) is 23.0 Å². The van der Waals surface area contributed by atoms with Crippen molar-refractivity contribution in [3.63, 3.8) is 0 Å². The Balaban J connectivity index is 1.77. The second kappa shape index (κ2) is 9.19. The van der Waals surface area contributed by atoms with Crippen molar-refractivity contribution in [2.45, 2.75) is 18.5 Å². The normalized spacial score (nSPS) is 10.8. The molecule has 0 unspecified atom stereocenters. The largest absolute Gasteiger partial charge is 0.465 e. The number of anilines is 1. The van der Waals surface area contributed by atoms with E-state index in [1.807, 2.05) is 18.5 Å². The van der Waals surface area contributed by atoms with Gasteiger partial charge in [0.1, 0.15) is 22.2 Å². The number of benzene rings is 1. The van der Waals surface area contributed by atoms with Gasteiger partial charge >= 0.3 is 5.97 Å². The van der Waals surface area contributed by atoms with Crippen molar-refractivity contribution in [2.75, 3.05) is 18.2 Å². The van der Waals surface area contributed by atoms with E-state index in [1.165, 1.54) is 42.3 Å². The van der Waals surface area contributed by atoms with Crippen LogP contribution in [0.3, 0.4) is 0 Å². The van der Waals surface area contributed by atoms with Crippen molar-refractivity contribution in [3.8, 4) is 11.1 Å². The molecule has 7 nitrogen and oxygen atoms in total. The average molecular weight is 435 g/mol. The fourth-order valence-corrected chi connectivity index (χ4v) is 4.37. The monoisotopic (exact) mass is 434 g/mol. The van der Waals surface area contributed by atoms with Gasteiger partial charge in [-0.15, -0.1) is 21.5 Å². The van der Waals surface area contributed by atoms with Crippen LogP contribution in [-0.4, -0.2) is 39.5 Å². The number of nitrogens with zero attached hydrogens (tertiary/aromatic N) is 3. The lowest BCUT2D eigenvalue weighted by atomic mass is 10.0. The fourth-order valence-electron chi connectivity index (χ4n) is 2.67. The van der Waals surface area contributed by atoms with Gasteiger partial charge in [-0.1, -0.05) is 30.8 Å². The quantitative estimate of drug-likeness (QED) is 0.450. The van der Waals surface area contributed by atoms with E-state index < -0.39 is 5.97 Å². The third-order valence-corrected chi connectivity index (χ3v) is 6.08. The lowest BCUT2D eigenvalue weighted by Gasteiger charge is -2.08. The van der Waals surface area contributed by atoms with Crippen LogP contribution >= 0.6 is 23.1 Å². The maximum Gasteiger partial charge on any atom is 0.341 e. The van der Waals surface area contributed by atoms with E-state index in [1.54, 1.807) is 17.5 Å². The number of aromatic nitrogens is 3. The summed E-state index contributed by atoms with van der Waals surface area (Å²) in [6.45, 7) is 1.98. The van der Waals surface area contributed by atoms with Crippen molar-refractivity contribution in [1.29, 1.82) is 0 Å². The summed E-state index contributed by atoms with van der Waals surface area (Å²) in [6.07, 6.45) is 0.750. The van der Waals surface area contributed by atoms with Crippen molar-refractivity contribution < 1.29 is 18.7 Å². The number of thiophene rings is 1. The van der Waals surface area contributed by atoms with Crippen molar-refractivity contribution in [3.05, 3.63) is 46.9 Å². The molecule has 152 valence electrons. The summed E-state index contributed by atoms with van der Waals surface area (Å²) in [6, 6.07) is 5.78. The Morgan fingerprint density at radius 1 is 1.28 bits per heavy atom. The van der Waals surface area contributed by atoms with E-state index in [4.69, 9.17) is 4.74 Å². The van der Waals surface area contributed by atoms with Crippen LogP contribution in [0, 0.1) is 5.82 Å². The zero-order chi connectivity index (χ0) is 21.0. The van der Waals surface area contributed by atoms with Gasteiger partial charge in [-0.05, 0) is 17.7 Å². The van der Waals surface area contributed by atoms with Gasteiger partial charge in [0.05, 0.1) is 12.9 Å². The van der Waals surface area contributed by atoms with Crippen LogP contribution in [0.4, 0.5) is 9.39 Å². The van der Waals surface area contributed by atoms with Crippen molar-refractivity contribution in [2.24, 2.45) is 7.05 Å². The number of methoxy groups -OCH3 is 1. The topological polar surface area (TPSA) is 86.1 Å². The molecule has 3 rings (SSSR count). The summed E-state index contributed by atoms with van der Waals surface area (Å²) < 4.78 is 19.9. The minimum Gasteiger partial charge on any atom is -0.465 e. The van der Waals surface area contributed by atoms with E-state index >= 15 is 0 Å². The second-order valence-corrected chi connectivity index (χ2v) is 7.82. The molecule has 1 aromatic carbocycles. The van der Waals surface area contributed by atoms with E-state index in [0.29, 0.717) is 21.3 Å². The SMILES string of the molecule is CCc1nnc(SCC(=O)Nc2scc(-c3ccc(F)cc3)c2C(=O)OC)n1C. The first-order chi connectivity index (χ1) is 13.9. The number of amides is 1. The summed E-state index contributed by atoms with van der Waals surface area (Å²) in [5, 5.41) is 13.7. The van der Waals surface area contributed by atoms with Gasteiger partial charge in [-0.25, -0.2) is 9.18 Å². The first-order valence-corrected chi connectivity index (χ1v) is 10.6. The summed E-state index contributed by atoms with van der Waals surface area (Å²) in [4.78, 5) is 24.8. The maximum atomic E-state index is 13.2. The van der Waals surface area contributed by atoms with Crippen LogP contribution in [0.25, 0.3) is 11.1 Å². The predicted octanol–water partition coefficient (Wildman–Crippen LogP) is 3.76. The van der Waals surface area contributed by atoms with E-state index in [9.17, 15) is 14.0 Å². The molecule has 0 spiro atoms. The van der Waals surface area contributed by atoms with Crippen LogP contribution < -0.4 is 5.32 Å². The molecule has 3 aromatic rings. The average Bonchev–Trinajstić information content (AvgIpc) is 3.29. The van der Waals surface area contributed by atoms with Crippen molar-refractivity contribution in [1.82, 2.24) is 14.8 Å². The molecule has 0 atom stereocenters. The number of carbonyl (C=O) groups is 2. The highest BCUT2D eigenvalue weighted by Gasteiger charge is 2.22. The number of nitrogens with one attached hydrogen (secondary N) is 1. The van der Waals surface area contributed by atoms with Crippen LogP contribution in [0.1, 0.15) is 23.1 Å². The molecule has 0 aliphatic rings. The smallest absolute Gasteiger partial charge is 0.341 e. The van der Waals surface area contributed by atoms with E-state index in [2.05, 4.69) is 15.5 Å². The first-order valence-electron chi connectivity index (χ1n) is 8.71. The van der Waals surface area contributed by atoms with Gasteiger partial charge in [0.2, 0.25) is 5.91 Å². The Bertz CT molecular complexity index is 1030. The zero-order valence-electron chi connectivity index (χ0n) is 16.1. The molecule has 2 heterocycles. The fraction of sp³-hybridized carbons (Fsp3) is 0.263. The number of halogens is 1. The highest BCUT2D eigenvalue weighted by atomic mass is 32.2. The molecule has 0 aliphatic heterocycles. The lowest BCUT2D eigenvalue weighted by Crippen LogP contribution is -2.16.